The molecule has 1 nitrogen and oxygen atoms in total. The zero-order chi connectivity index (χ0) is 10.9. The second-order valence-electron chi connectivity index (χ2n) is 2.99. The van der Waals surface area contributed by atoms with Gasteiger partial charge in [-0.1, -0.05) is 17.7 Å². The van der Waals surface area contributed by atoms with Gasteiger partial charge in [-0.05, 0) is 24.6 Å². The molecule has 1 aromatic rings. The molecule has 0 radical (unpaired) electrons. The topological polar surface area (TPSA) is 26.0 Å². The van der Waals surface area contributed by atoms with Crippen LogP contribution in [0.5, 0.6) is 0 Å². The molecule has 0 saturated heterocycles. The molecule has 0 saturated carbocycles. The van der Waals surface area contributed by atoms with E-state index < -0.39 is 17.8 Å². The molecule has 0 heterocycles. The van der Waals surface area contributed by atoms with E-state index in [1.165, 1.54) is 19.1 Å². The number of hydrogen-bond acceptors (Lipinski definition) is 1. The van der Waals surface area contributed by atoms with Crippen LogP contribution in [0, 0.1) is 0 Å². The van der Waals surface area contributed by atoms with Crippen molar-refractivity contribution >= 4 is 24.0 Å². The number of benzene rings is 1. The second-order valence-corrected chi connectivity index (χ2v) is 3.39. The molecule has 6 heteroatoms. The number of alkyl halides is 3. The lowest BCUT2D eigenvalue weighted by Gasteiger charge is -2.16. The number of nitrogens with two attached hydrogens (primary N) is 1. The van der Waals surface area contributed by atoms with Crippen LogP contribution in [0.25, 0.3) is 0 Å². The van der Waals surface area contributed by atoms with Gasteiger partial charge in [0.25, 0.3) is 0 Å². The molecule has 1 rings (SSSR count). The summed E-state index contributed by atoms with van der Waals surface area (Å²) in [5.41, 5.74) is 4.61. The normalized spacial score (nSPS) is 13.2. The predicted octanol–water partition coefficient (Wildman–Crippen LogP) is 3.80. The summed E-state index contributed by atoms with van der Waals surface area (Å²) in [6.45, 7) is 1.47. The van der Waals surface area contributed by atoms with Crippen LogP contribution < -0.4 is 5.73 Å². The Labute approximate surface area is 96.8 Å². The van der Waals surface area contributed by atoms with Gasteiger partial charge in [-0.15, -0.1) is 12.4 Å². The molecule has 0 aliphatic carbocycles. The third-order valence-corrected chi connectivity index (χ3v) is 2.14. The Hall–Kier alpha value is -0.450. The third-order valence-electron chi connectivity index (χ3n) is 1.81. The van der Waals surface area contributed by atoms with Gasteiger partial charge in [0.1, 0.15) is 0 Å². The van der Waals surface area contributed by atoms with Gasteiger partial charge in [-0.2, -0.15) is 13.2 Å². The monoisotopic (exact) mass is 259 g/mol. The first-order valence-corrected chi connectivity index (χ1v) is 4.33. The lowest BCUT2D eigenvalue weighted by Crippen LogP contribution is -2.15. The SMILES string of the molecule is C[C@H](N)c1c(Cl)cccc1C(F)(F)F.Cl. The summed E-state index contributed by atoms with van der Waals surface area (Å²) in [4.78, 5) is 0. The minimum Gasteiger partial charge on any atom is -0.324 e. The molecule has 0 amide bonds. The Morgan fingerprint density at radius 1 is 1.33 bits per heavy atom. The van der Waals surface area contributed by atoms with Crippen molar-refractivity contribution in [2.24, 2.45) is 5.73 Å². The van der Waals surface area contributed by atoms with Crippen molar-refractivity contribution in [1.82, 2.24) is 0 Å². The average molecular weight is 260 g/mol. The highest BCUT2D eigenvalue weighted by Crippen LogP contribution is 2.37. The molecule has 1 atom stereocenters. The minimum atomic E-state index is -4.41. The van der Waals surface area contributed by atoms with E-state index in [1.807, 2.05) is 0 Å². The maximum Gasteiger partial charge on any atom is 0.416 e. The van der Waals surface area contributed by atoms with Gasteiger partial charge in [0.2, 0.25) is 0 Å². The molecule has 0 spiro atoms. The Morgan fingerprint density at radius 2 is 1.87 bits per heavy atom. The Kier molecular flexibility index (Phi) is 4.90. The molecule has 0 unspecified atom stereocenters. The van der Waals surface area contributed by atoms with Crippen molar-refractivity contribution in [3.8, 4) is 0 Å². The highest BCUT2D eigenvalue weighted by molar-refractivity contribution is 6.31. The second kappa shape index (κ2) is 5.05. The van der Waals surface area contributed by atoms with Crippen molar-refractivity contribution in [2.75, 3.05) is 0 Å². The summed E-state index contributed by atoms with van der Waals surface area (Å²) in [6, 6.07) is 2.90. The van der Waals surface area contributed by atoms with Crippen LogP contribution in [0.15, 0.2) is 18.2 Å². The van der Waals surface area contributed by atoms with E-state index in [0.29, 0.717) is 0 Å². The van der Waals surface area contributed by atoms with Crippen LogP contribution in [0.3, 0.4) is 0 Å². The molecular formula is C9H10Cl2F3N. The van der Waals surface area contributed by atoms with Crippen molar-refractivity contribution in [2.45, 2.75) is 19.1 Å². The van der Waals surface area contributed by atoms with Gasteiger partial charge in [0, 0.05) is 11.1 Å². The van der Waals surface area contributed by atoms with Crippen LogP contribution in [-0.2, 0) is 6.18 Å². The highest BCUT2D eigenvalue weighted by atomic mass is 35.5. The van der Waals surface area contributed by atoms with E-state index in [0.717, 1.165) is 6.07 Å². The molecular weight excluding hydrogens is 250 g/mol. The summed E-state index contributed by atoms with van der Waals surface area (Å²) in [7, 11) is 0. The largest absolute Gasteiger partial charge is 0.416 e. The van der Waals surface area contributed by atoms with Gasteiger partial charge in [0.15, 0.2) is 0 Å². The lowest BCUT2D eigenvalue weighted by atomic mass is 10.0. The zero-order valence-corrected chi connectivity index (χ0v) is 9.38. The van der Waals surface area contributed by atoms with Gasteiger partial charge in [0.05, 0.1) is 5.56 Å². The van der Waals surface area contributed by atoms with Crippen molar-refractivity contribution in [3.63, 3.8) is 0 Å². The highest BCUT2D eigenvalue weighted by Gasteiger charge is 2.34. The number of hydrogen-bond donors (Lipinski definition) is 1. The molecule has 0 aliphatic rings. The van der Waals surface area contributed by atoms with E-state index in [1.54, 1.807) is 0 Å². The third kappa shape index (κ3) is 3.26. The molecule has 1 aromatic carbocycles. The van der Waals surface area contributed by atoms with Gasteiger partial charge in [-0.3, -0.25) is 0 Å². The average Bonchev–Trinajstić information content (AvgIpc) is 2.01. The number of rotatable bonds is 1. The quantitative estimate of drug-likeness (QED) is 0.816. The molecule has 0 aromatic heterocycles. The Bertz CT molecular complexity index is 337. The predicted molar refractivity (Wildman–Crippen MR) is 56.3 cm³/mol. The maximum atomic E-state index is 12.5. The molecule has 86 valence electrons. The standard InChI is InChI=1S/C9H9ClF3N.ClH/c1-5(14)8-6(9(11,12)13)3-2-4-7(8)10;/h2-5H,14H2,1H3;1H/t5-;/m0./s1. The molecule has 15 heavy (non-hydrogen) atoms. The van der Waals surface area contributed by atoms with Crippen molar-refractivity contribution < 1.29 is 13.2 Å². The molecule has 0 bridgehead atoms. The van der Waals surface area contributed by atoms with E-state index in [4.69, 9.17) is 17.3 Å². The Balaban J connectivity index is 0.00000196. The van der Waals surface area contributed by atoms with Crippen molar-refractivity contribution in [3.05, 3.63) is 34.3 Å². The molecule has 0 aliphatic heterocycles. The first-order chi connectivity index (χ1) is 6.34. The summed E-state index contributed by atoms with van der Waals surface area (Å²) >= 11 is 5.65. The van der Waals surface area contributed by atoms with E-state index in [-0.39, 0.29) is 23.0 Å². The smallest absolute Gasteiger partial charge is 0.324 e. The van der Waals surface area contributed by atoms with Crippen LogP contribution in [0.1, 0.15) is 24.1 Å². The van der Waals surface area contributed by atoms with Gasteiger partial charge >= 0.3 is 6.18 Å². The van der Waals surface area contributed by atoms with Gasteiger partial charge in [-0.25, -0.2) is 0 Å². The summed E-state index contributed by atoms with van der Waals surface area (Å²) in [5, 5.41) is 0.0508. The van der Waals surface area contributed by atoms with E-state index >= 15 is 0 Å². The maximum absolute atomic E-state index is 12.5. The summed E-state index contributed by atoms with van der Waals surface area (Å²) < 4.78 is 37.4. The zero-order valence-electron chi connectivity index (χ0n) is 7.81. The van der Waals surface area contributed by atoms with Crippen LogP contribution in [0.2, 0.25) is 5.02 Å². The Morgan fingerprint density at radius 3 is 2.20 bits per heavy atom. The molecule has 2 N–H and O–H groups in total. The van der Waals surface area contributed by atoms with E-state index in [9.17, 15) is 13.2 Å². The van der Waals surface area contributed by atoms with Gasteiger partial charge < -0.3 is 5.73 Å². The summed E-state index contributed by atoms with van der Waals surface area (Å²) in [6.07, 6.45) is -4.41. The van der Waals surface area contributed by atoms with E-state index in [2.05, 4.69) is 0 Å². The summed E-state index contributed by atoms with van der Waals surface area (Å²) in [5.74, 6) is 0. The van der Waals surface area contributed by atoms with Crippen molar-refractivity contribution in [1.29, 1.82) is 0 Å². The first kappa shape index (κ1) is 14.5. The number of halogens is 5. The fourth-order valence-electron chi connectivity index (χ4n) is 1.25. The lowest BCUT2D eigenvalue weighted by molar-refractivity contribution is -0.138. The first-order valence-electron chi connectivity index (χ1n) is 3.95. The fourth-order valence-corrected chi connectivity index (χ4v) is 1.59. The fraction of sp³-hybridized carbons (Fsp3) is 0.333. The van der Waals surface area contributed by atoms with Crippen LogP contribution >= 0.6 is 24.0 Å². The van der Waals surface area contributed by atoms with Crippen LogP contribution in [0.4, 0.5) is 13.2 Å². The minimum absolute atomic E-state index is 0. The molecule has 0 fully saturated rings. The van der Waals surface area contributed by atoms with Crippen LogP contribution in [-0.4, -0.2) is 0 Å².